The number of hydrogen-bond acceptors (Lipinski definition) is 4. The van der Waals surface area contributed by atoms with Gasteiger partial charge in [-0.2, -0.15) is 0 Å². The van der Waals surface area contributed by atoms with E-state index in [9.17, 15) is 9.90 Å². The molecule has 238 valence electrons. The Labute approximate surface area is 265 Å². The van der Waals surface area contributed by atoms with Crippen LogP contribution in [0.15, 0.2) is 72.4 Å². The number of benzene rings is 2. The van der Waals surface area contributed by atoms with E-state index in [4.69, 9.17) is 16.3 Å². The Morgan fingerprint density at radius 3 is 2.07 bits per heavy atom. The first kappa shape index (κ1) is 39.6. The molecule has 2 aromatic carbocycles. The second-order valence-electron chi connectivity index (χ2n) is 10.2. The van der Waals surface area contributed by atoms with Gasteiger partial charge in [0.05, 0.1) is 11.1 Å². The molecule has 1 heterocycles. The van der Waals surface area contributed by atoms with Crippen LogP contribution in [0.25, 0.3) is 17.3 Å². The van der Waals surface area contributed by atoms with Gasteiger partial charge in [-0.1, -0.05) is 90.9 Å². The van der Waals surface area contributed by atoms with Crippen molar-refractivity contribution < 1.29 is 14.6 Å². The van der Waals surface area contributed by atoms with Crippen LogP contribution in [-0.2, 0) is 6.42 Å². The van der Waals surface area contributed by atoms with Crippen LogP contribution in [0.4, 0.5) is 0 Å². The minimum Gasteiger partial charge on any atom is -0.489 e. The molecule has 1 aromatic heterocycles. The summed E-state index contributed by atoms with van der Waals surface area (Å²) in [7, 11) is 1.75. The summed E-state index contributed by atoms with van der Waals surface area (Å²) in [4.78, 5) is 17.1. The SMILES string of the molecule is C=Cn1cc(-c2ccc(C[C@@H](CCO)NC(=O)c3ccc(OC(C)C)c(Cl)c3)cc2)ccc1=NC.CC.CC.CC(C)C. The molecule has 6 nitrogen and oxygen atoms in total. The summed E-state index contributed by atoms with van der Waals surface area (Å²) in [5, 5.41) is 12.9. The summed E-state index contributed by atoms with van der Waals surface area (Å²) in [5.41, 5.74) is 4.44. The standard InChI is InChI=1S/C28H32ClN3O3.C4H10.2C2H6/c1-5-32-18-23(11-13-27(32)30-4)21-8-6-20(7-9-21)16-24(14-15-33)31-28(34)22-10-12-26(25(29)17-22)35-19(2)3;1-4(2)3;2*1-2/h5-13,17-19,24,33H,1,14-16H2,2-4H3,(H,31,34);4H,1-3H3;2*1-2H3/t24-;;;/m1.../s1. The minimum absolute atomic E-state index is 0.0125. The quantitative estimate of drug-likeness (QED) is 0.241. The lowest BCUT2D eigenvalue weighted by Crippen LogP contribution is -2.37. The highest BCUT2D eigenvalue weighted by molar-refractivity contribution is 6.32. The molecule has 2 N–H and O–H groups in total. The fourth-order valence-corrected chi connectivity index (χ4v) is 4.00. The van der Waals surface area contributed by atoms with Crippen molar-refractivity contribution in [3.05, 3.63) is 89.0 Å². The number of hydrogen-bond donors (Lipinski definition) is 2. The second kappa shape index (κ2) is 22.2. The van der Waals surface area contributed by atoms with Crippen molar-refractivity contribution in [1.82, 2.24) is 9.88 Å². The first-order chi connectivity index (χ1) is 20.6. The number of nitrogens with zero attached hydrogens (tertiary/aromatic N) is 2. The molecule has 0 aliphatic heterocycles. The number of ether oxygens (including phenoxy) is 1. The van der Waals surface area contributed by atoms with Gasteiger partial charge in [0.1, 0.15) is 11.2 Å². The van der Waals surface area contributed by atoms with Crippen molar-refractivity contribution in [1.29, 1.82) is 0 Å². The van der Waals surface area contributed by atoms with E-state index in [1.165, 1.54) is 0 Å². The molecule has 0 spiro atoms. The fraction of sp³-hybridized carbons (Fsp3) is 0.444. The molecule has 1 amide bonds. The first-order valence-corrected chi connectivity index (χ1v) is 15.7. The molecule has 43 heavy (non-hydrogen) atoms. The average Bonchev–Trinajstić information content (AvgIpc) is 3.00. The highest BCUT2D eigenvalue weighted by atomic mass is 35.5. The van der Waals surface area contributed by atoms with E-state index in [1.807, 2.05) is 88.7 Å². The molecule has 0 aliphatic rings. The van der Waals surface area contributed by atoms with Crippen molar-refractivity contribution in [2.24, 2.45) is 10.9 Å². The van der Waals surface area contributed by atoms with Gasteiger partial charge < -0.3 is 19.7 Å². The zero-order chi connectivity index (χ0) is 32.9. The van der Waals surface area contributed by atoms with Crippen LogP contribution >= 0.6 is 11.6 Å². The largest absolute Gasteiger partial charge is 0.489 e. The third-order valence-electron chi connectivity index (χ3n) is 5.52. The molecule has 0 radical (unpaired) electrons. The second-order valence-corrected chi connectivity index (χ2v) is 10.6. The Morgan fingerprint density at radius 1 is 1.00 bits per heavy atom. The van der Waals surface area contributed by atoms with Crippen LogP contribution in [0, 0.1) is 5.92 Å². The molecule has 7 heteroatoms. The van der Waals surface area contributed by atoms with Crippen LogP contribution < -0.4 is 15.5 Å². The Hall–Kier alpha value is -3.35. The van der Waals surface area contributed by atoms with E-state index < -0.39 is 0 Å². The first-order valence-electron chi connectivity index (χ1n) is 15.3. The topological polar surface area (TPSA) is 75.8 Å². The third kappa shape index (κ3) is 14.6. The van der Waals surface area contributed by atoms with Gasteiger partial charge in [0.2, 0.25) is 0 Å². The van der Waals surface area contributed by atoms with Crippen LogP contribution in [0.3, 0.4) is 0 Å². The normalized spacial score (nSPS) is 11.3. The van der Waals surface area contributed by atoms with E-state index in [2.05, 4.69) is 37.7 Å². The number of pyridine rings is 1. The predicted molar refractivity (Wildman–Crippen MR) is 185 cm³/mol. The summed E-state index contributed by atoms with van der Waals surface area (Å²) in [6.45, 7) is 22.1. The van der Waals surface area contributed by atoms with Crippen molar-refractivity contribution in [2.75, 3.05) is 13.7 Å². The van der Waals surface area contributed by atoms with Gasteiger partial charge in [-0.05, 0) is 79.6 Å². The zero-order valence-corrected chi connectivity index (χ0v) is 28.7. The number of rotatable bonds is 10. The van der Waals surface area contributed by atoms with Gasteiger partial charge in [0.25, 0.3) is 5.91 Å². The maximum atomic E-state index is 12.8. The van der Waals surface area contributed by atoms with Gasteiger partial charge >= 0.3 is 0 Å². The number of carbonyl (C=O) groups is 1. The van der Waals surface area contributed by atoms with Crippen molar-refractivity contribution in [3.63, 3.8) is 0 Å². The van der Waals surface area contributed by atoms with Crippen molar-refractivity contribution in [2.45, 2.75) is 87.3 Å². The minimum atomic E-state index is -0.242. The summed E-state index contributed by atoms with van der Waals surface area (Å²) in [6.07, 6.45) is 4.73. The molecule has 3 rings (SSSR count). The maximum Gasteiger partial charge on any atom is 0.251 e. The van der Waals surface area contributed by atoms with Crippen molar-refractivity contribution in [3.8, 4) is 16.9 Å². The summed E-state index contributed by atoms with van der Waals surface area (Å²) >= 11 is 6.29. The third-order valence-corrected chi connectivity index (χ3v) is 5.81. The Balaban J connectivity index is 0.00000200. The molecule has 0 aliphatic carbocycles. The van der Waals surface area contributed by atoms with Crippen LogP contribution in [0.1, 0.15) is 84.7 Å². The lowest BCUT2D eigenvalue weighted by atomic mass is 9.99. The molecule has 0 saturated heterocycles. The highest BCUT2D eigenvalue weighted by Gasteiger charge is 2.16. The summed E-state index contributed by atoms with van der Waals surface area (Å²) < 4.78 is 7.52. The molecule has 3 aromatic rings. The Kier molecular flexibility index (Phi) is 20.5. The lowest BCUT2D eigenvalue weighted by Gasteiger charge is -2.19. The Bertz CT molecular complexity index is 1280. The lowest BCUT2D eigenvalue weighted by molar-refractivity contribution is 0.0930. The van der Waals surface area contributed by atoms with E-state index in [1.54, 1.807) is 31.4 Å². The number of carbonyl (C=O) groups excluding carboxylic acids is 1. The zero-order valence-electron chi connectivity index (χ0n) is 27.9. The molecule has 0 unspecified atom stereocenters. The van der Waals surface area contributed by atoms with Crippen LogP contribution in [0.5, 0.6) is 5.75 Å². The van der Waals surface area contributed by atoms with Gasteiger partial charge in [-0.15, -0.1) is 0 Å². The smallest absolute Gasteiger partial charge is 0.251 e. The van der Waals surface area contributed by atoms with Gasteiger partial charge in [0.15, 0.2) is 0 Å². The highest BCUT2D eigenvalue weighted by Crippen LogP contribution is 2.26. The van der Waals surface area contributed by atoms with E-state index >= 15 is 0 Å². The molecule has 1 atom stereocenters. The number of aliphatic hydroxyl groups is 1. The maximum absolute atomic E-state index is 12.8. The van der Waals surface area contributed by atoms with Crippen molar-refractivity contribution >= 4 is 23.7 Å². The van der Waals surface area contributed by atoms with Gasteiger partial charge in [-0.3, -0.25) is 9.79 Å². The number of aliphatic hydroxyl groups excluding tert-OH is 1. The van der Waals surface area contributed by atoms with Crippen LogP contribution in [0.2, 0.25) is 5.02 Å². The number of amides is 1. The van der Waals surface area contributed by atoms with E-state index in [0.717, 1.165) is 28.1 Å². The molecular formula is C36H54ClN3O3. The van der Waals surface area contributed by atoms with Gasteiger partial charge in [0, 0.05) is 37.7 Å². The summed E-state index contributed by atoms with van der Waals surface area (Å²) in [6, 6.07) is 16.9. The predicted octanol–water partition coefficient (Wildman–Crippen LogP) is 8.66. The fourth-order valence-electron chi connectivity index (χ4n) is 3.78. The number of halogens is 1. The molecule has 0 bridgehead atoms. The van der Waals surface area contributed by atoms with Crippen LogP contribution in [-0.4, -0.2) is 41.4 Å². The van der Waals surface area contributed by atoms with E-state index in [-0.39, 0.29) is 24.7 Å². The molecular weight excluding hydrogens is 558 g/mol. The van der Waals surface area contributed by atoms with E-state index in [0.29, 0.717) is 29.2 Å². The molecule has 0 saturated carbocycles. The number of nitrogens with one attached hydrogen (secondary N) is 1. The Morgan fingerprint density at radius 2 is 1.58 bits per heavy atom. The summed E-state index contributed by atoms with van der Waals surface area (Å²) in [5.74, 6) is 1.14. The average molecular weight is 612 g/mol. The number of aromatic nitrogens is 1. The monoisotopic (exact) mass is 611 g/mol. The molecule has 0 fully saturated rings. The van der Waals surface area contributed by atoms with Gasteiger partial charge in [-0.25, -0.2) is 0 Å².